The summed E-state index contributed by atoms with van der Waals surface area (Å²) in [6.45, 7) is 10.7. The molecule has 0 unspecified atom stereocenters. The van der Waals surface area contributed by atoms with E-state index in [4.69, 9.17) is 4.74 Å². The van der Waals surface area contributed by atoms with E-state index in [1.54, 1.807) is 7.11 Å². The fraction of sp³-hybridized carbons (Fsp3) is 0.667. The second-order valence-electron chi connectivity index (χ2n) is 7.73. The van der Waals surface area contributed by atoms with Crippen LogP contribution in [0.25, 0.3) is 0 Å². The topological polar surface area (TPSA) is 44.8 Å². The average molecular weight is 362 g/mol. The van der Waals surface area contributed by atoms with Gasteiger partial charge < -0.3 is 15.0 Å². The Bertz CT molecular complexity index is 554. The monoisotopic (exact) mass is 361 g/mol. The molecule has 5 nitrogen and oxygen atoms in total. The van der Waals surface area contributed by atoms with Crippen LogP contribution < -0.4 is 15.0 Å². The summed E-state index contributed by atoms with van der Waals surface area (Å²) >= 11 is 0. The zero-order chi connectivity index (χ0) is 18.9. The Labute approximate surface area is 158 Å². The van der Waals surface area contributed by atoms with E-state index in [0.29, 0.717) is 6.54 Å². The molecule has 1 atom stereocenters. The number of ether oxygens (including phenoxy) is 1. The van der Waals surface area contributed by atoms with Crippen LogP contribution in [0.4, 0.5) is 5.69 Å². The molecule has 1 aliphatic rings. The standard InChI is InChI=1S/C21H35N3O2/c1-17(2)8-7-9-18(3)22-21(25)16-23-12-14-24(15-13-23)19-10-5-6-11-20(19)26-4/h5-6,10-11,17-18H,7-9,12-16H2,1-4H3,(H,22,25)/t18-/m1/s1. The molecule has 26 heavy (non-hydrogen) atoms. The number of hydrogen-bond acceptors (Lipinski definition) is 4. The van der Waals surface area contributed by atoms with Gasteiger partial charge in [0.05, 0.1) is 19.3 Å². The Morgan fingerprint density at radius 3 is 2.46 bits per heavy atom. The zero-order valence-electron chi connectivity index (χ0n) is 16.8. The van der Waals surface area contributed by atoms with Crippen LogP contribution in [0, 0.1) is 5.92 Å². The third-order valence-corrected chi connectivity index (χ3v) is 4.99. The molecule has 5 heteroatoms. The minimum Gasteiger partial charge on any atom is -0.495 e. The number of hydrogen-bond donors (Lipinski definition) is 1. The van der Waals surface area contributed by atoms with E-state index in [2.05, 4.69) is 42.0 Å². The van der Waals surface area contributed by atoms with Gasteiger partial charge in [0.1, 0.15) is 5.75 Å². The molecule has 1 aromatic carbocycles. The summed E-state index contributed by atoms with van der Waals surface area (Å²) in [7, 11) is 1.71. The Balaban J connectivity index is 1.72. The first kappa shape index (κ1) is 20.6. The molecule has 1 saturated heterocycles. The molecule has 0 aliphatic carbocycles. The number of anilines is 1. The van der Waals surface area contributed by atoms with Gasteiger partial charge in [0.25, 0.3) is 0 Å². The number of benzene rings is 1. The number of para-hydroxylation sites is 2. The third-order valence-electron chi connectivity index (χ3n) is 4.99. The highest BCUT2D eigenvalue weighted by atomic mass is 16.5. The molecule has 1 heterocycles. The molecule has 1 N–H and O–H groups in total. The van der Waals surface area contributed by atoms with Gasteiger partial charge >= 0.3 is 0 Å². The number of carbonyl (C=O) groups is 1. The number of piperazine rings is 1. The van der Waals surface area contributed by atoms with E-state index in [-0.39, 0.29) is 11.9 Å². The first-order chi connectivity index (χ1) is 12.5. The van der Waals surface area contributed by atoms with Crippen LogP contribution in [-0.2, 0) is 4.79 Å². The van der Waals surface area contributed by atoms with Crippen molar-refractivity contribution >= 4 is 11.6 Å². The fourth-order valence-electron chi connectivity index (χ4n) is 3.47. The van der Waals surface area contributed by atoms with Gasteiger partial charge in [-0.3, -0.25) is 9.69 Å². The van der Waals surface area contributed by atoms with E-state index < -0.39 is 0 Å². The van der Waals surface area contributed by atoms with Crippen molar-refractivity contribution in [3.63, 3.8) is 0 Å². The minimum absolute atomic E-state index is 0.146. The van der Waals surface area contributed by atoms with Gasteiger partial charge in [0.2, 0.25) is 5.91 Å². The van der Waals surface area contributed by atoms with Crippen LogP contribution in [-0.4, -0.2) is 56.7 Å². The van der Waals surface area contributed by atoms with Crippen molar-refractivity contribution < 1.29 is 9.53 Å². The summed E-state index contributed by atoms with van der Waals surface area (Å²) < 4.78 is 5.46. The third kappa shape index (κ3) is 6.52. The van der Waals surface area contributed by atoms with Crippen molar-refractivity contribution in [2.45, 2.75) is 46.1 Å². The van der Waals surface area contributed by atoms with Crippen LogP contribution in [0.3, 0.4) is 0 Å². The fourth-order valence-corrected chi connectivity index (χ4v) is 3.47. The highest BCUT2D eigenvalue weighted by Gasteiger charge is 2.21. The van der Waals surface area contributed by atoms with Gasteiger partial charge in [-0.2, -0.15) is 0 Å². The molecular formula is C21H35N3O2. The SMILES string of the molecule is COc1ccccc1N1CCN(CC(=O)N[C@H](C)CCCC(C)C)CC1. The van der Waals surface area contributed by atoms with Crippen molar-refractivity contribution in [2.24, 2.45) is 5.92 Å². The molecule has 1 aliphatic heterocycles. The van der Waals surface area contributed by atoms with Crippen molar-refractivity contribution in [3.8, 4) is 5.75 Å². The molecule has 146 valence electrons. The summed E-state index contributed by atoms with van der Waals surface area (Å²) in [5.41, 5.74) is 1.14. The first-order valence-corrected chi connectivity index (χ1v) is 9.89. The Morgan fingerprint density at radius 2 is 1.81 bits per heavy atom. The Kier molecular flexibility index (Phi) is 8.23. The Morgan fingerprint density at radius 1 is 1.12 bits per heavy atom. The van der Waals surface area contributed by atoms with E-state index >= 15 is 0 Å². The van der Waals surface area contributed by atoms with Crippen LogP contribution >= 0.6 is 0 Å². The van der Waals surface area contributed by atoms with Gasteiger partial charge in [-0.05, 0) is 31.4 Å². The summed E-state index contributed by atoms with van der Waals surface area (Å²) in [5, 5.41) is 3.15. The molecular weight excluding hydrogens is 326 g/mol. The maximum absolute atomic E-state index is 12.3. The second-order valence-corrected chi connectivity index (χ2v) is 7.73. The zero-order valence-corrected chi connectivity index (χ0v) is 16.8. The lowest BCUT2D eigenvalue weighted by atomic mass is 10.0. The summed E-state index contributed by atoms with van der Waals surface area (Å²) in [4.78, 5) is 16.9. The smallest absolute Gasteiger partial charge is 0.234 e. The minimum atomic E-state index is 0.146. The number of methoxy groups -OCH3 is 1. The number of carbonyl (C=O) groups excluding carboxylic acids is 1. The molecule has 0 bridgehead atoms. The van der Waals surface area contributed by atoms with Crippen LogP contribution in [0.15, 0.2) is 24.3 Å². The lowest BCUT2D eigenvalue weighted by Gasteiger charge is -2.36. The molecule has 2 rings (SSSR count). The molecule has 0 aromatic heterocycles. The highest BCUT2D eigenvalue weighted by molar-refractivity contribution is 5.78. The van der Waals surface area contributed by atoms with Crippen LogP contribution in [0.5, 0.6) is 5.75 Å². The molecule has 1 amide bonds. The highest BCUT2D eigenvalue weighted by Crippen LogP contribution is 2.28. The molecule has 1 fully saturated rings. The summed E-state index contributed by atoms with van der Waals surface area (Å²) in [5.74, 6) is 1.79. The maximum atomic E-state index is 12.3. The molecule has 0 spiro atoms. The first-order valence-electron chi connectivity index (χ1n) is 9.89. The quantitative estimate of drug-likeness (QED) is 0.734. The van der Waals surface area contributed by atoms with Crippen molar-refractivity contribution in [3.05, 3.63) is 24.3 Å². The molecule has 1 aromatic rings. The lowest BCUT2D eigenvalue weighted by Crippen LogP contribution is -2.50. The van der Waals surface area contributed by atoms with Crippen molar-refractivity contribution in [2.75, 3.05) is 44.7 Å². The number of nitrogens with one attached hydrogen (secondary N) is 1. The van der Waals surface area contributed by atoms with Gasteiger partial charge in [0.15, 0.2) is 0 Å². The largest absolute Gasteiger partial charge is 0.495 e. The van der Waals surface area contributed by atoms with Crippen LogP contribution in [0.1, 0.15) is 40.0 Å². The second kappa shape index (κ2) is 10.4. The van der Waals surface area contributed by atoms with E-state index in [1.165, 1.54) is 12.8 Å². The van der Waals surface area contributed by atoms with Crippen molar-refractivity contribution in [1.82, 2.24) is 10.2 Å². The van der Waals surface area contributed by atoms with Gasteiger partial charge in [0, 0.05) is 32.2 Å². The van der Waals surface area contributed by atoms with Gasteiger partial charge in [-0.25, -0.2) is 0 Å². The number of rotatable bonds is 9. The van der Waals surface area contributed by atoms with Gasteiger partial charge in [-0.15, -0.1) is 0 Å². The average Bonchev–Trinajstić information content (AvgIpc) is 2.62. The van der Waals surface area contributed by atoms with Crippen molar-refractivity contribution in [1.29, 1.82) is 0 Å². The number of nitrogens with zero attached hydrogens (tertiary/aromatic N) is 2. The van der Waals surface area contributed by atoms with Gasteiger partial charge in [-0.1, -0.05) is 38.8 Å². The molecule has 0 radical (unpaired) electrons. The summed E-state index contributed by atoms with van der Waals surface area (Å²) in [6.07, 6.45) is 3.47. The normalized spacial score (nSPS) is 16.6. The van der Waals surface area contributed by atoms with E-state index in [9.17, 15) is 4.79 Å². The molecule has 0 saturated carbocycles. The van der Waals surface area contributed by atoms with Crippen LogP contribution in [0.2, 0.25) is 0 Å². The van der Waals surface area contributed by atoms with E-state index in [1.807, 2.05) is 18.2 Å². The predicted molar refractivity (Wildman–Crippen MR) is 108 cm³/mol. The van der Waals surface area contributed by atoms with E-state index in [0.717, 1.165) is 50.0 Å². The predicted octanol–water partition coefficient (Wildman–Crippen LogP) is 3.15. The lowest BCUT2D eigenvalue weighted by molar-refractivity contribution is -0.123. The maximum Gasteiger partial charge on any atom is 0.234 e. The Hall–Kier alpha value is -1.75. The number of amides is 1. The summed E-state index contributed by atoms with van der Waals surface area (Å²) in [6, 6.07) is 8.38.